The lowest BCUT2D eigenvalue weighted by molar-refractivity contribution is -0.118. The van der Waals surface area contributed by atoms with E-state index in [2.05, 4.69) is 15.5 Å². The Morgan fingerprint density at radius 1 is 1.22 bits per heavy atom. The molecule has 1 saturated carbocycles. The molecule has 0 unspecified atom stereocenters. The van der Waals surface area contributed by atoms with Crippen LogP contribution < -0.4 is 11.1 Å². The fraction of sp³-hybridized carbons (Fsp3) is 0.533. The molecule has 1 fully saturated rings. The lowest BCUT2D eigenvalue weighted by Crippen LogP contribution is -2.36. The number of hydrogen-bond donors (Lipinski definition) is 2. The minimum Gasteiger partial charge on any atom is -0.330 e. The number of rotatable bonds is 4. The van der Waals surface area contributed by atoms with E-state index in [1.54, 1.807) is 4.40 Å². The van der Waals surface area contributed by atoms with Crippen LogP contribution in [0.5, 0.6) is 0 Å². The van der Waals surface area contributed by atoms with Crippen LogP contribution in [-0.2, 0) is 4.79 Å². The second kappa shape index (κ2) is 8.47. The molecule has 3 rings (SSSR count). The molecular weight excluding hydrogens is 337 g/mol. The van der Waals surface area contributed by atoms with Crippen LogP contribution in [0.15, 0.2) is 24.4 Å². The highest BCUT2D eigenvalue weighted by Gasteiger charge is 2.33. The van der Waals surface area contributed by atoms with Gasteiger partial charge in [0.1, 0.15) is 0 Å². The van der Waals surface area contributed by atoms with Gasteiger partial charge in [0.25, 0.3) is 0 Å². The Hall–Kier alpha value is -1.37. The van der Waals surface area contributed by atoms with Gasteiger partial charge < -0.3 is 5.73 Å². The molecule has 1 aliphatic rings. The highest BCUT2D eigenvalue weighted by Crippen LogP contribution is 2.38. The van der Waals surface area contributed by atoms with Crippen molar-refractivity contribution in [1.29, 1.82) is 0 Å². The molecule has 2 aromatic rings. The van der Waals surface area contributed by atoms with Crippen LogP contribution in [0.2, 0.25) is 0 Å². The number of nitrogens with zero attached hydrogens (tertiary/aromatic N) is 3. The molecule has 128 valence electrons. The third kappa shape index (κ3) is 4.34. The van der Waals surface area contributed by atoms with Crippen molar-refractivity contribution in [3.8, 4) is 0 Å². The summed E-state index contributed by atoms with van der Waals surface area (Å²) in [6, 6.07) is 5.63. The number of amides is 1. The second-order valence-electron chi connectivity index (χ2n) is 5.94. The summed E-state index contributed by atoms with van der Waals surface area (Å²) in [5.41, 5.74) is 6.62. The zero-order chi connectivity index (χ0) is 14.7. The van der Waals surface area contributed by atoms with Gasteiger partial charge in [-0.3, -0.25) is 14.5 Å². The quantitative estimate of drug-likeness (QED) is 0.878. The van der Waals surface area contributed by atoms with Gasteiger partial charge in [0.05, 0.1) is 0 Å². The number of pyridine rings is 1. The van der Waals surface area contributed by atoms with E-state index >= 15 is 0 Å². The molecule has 1 amide bonds. The molecule has 2 heterocycles. The maximum absolute atomic E-state index is 12.3. The summed E-state index contributed by atoms with van der Waals surface area (Å²) in [4.78, 5) is 12.3. The minimum atomic E-state index is -0.0389. The average molecular weight is 360 g/mol. The van der Waals surface area contributed by atoms with E-state index in [1.807, 2.05) is 24.4 Å². The molecule has 0 saturated heterocycles. The minimum absolute atomic E-state index is 0. The van der Waals surface area contributed by atoms with Crippen LogP contribution in [0.25, 0.3) is 5.65 Å². The largest absolute Gasteiger partial charge is 0.330 e. The zero-order valence-electron chi connectivity index (χ0n) is 12.9. The summed E-state index contributed by atoms with van der Waals surface area (Å²) in [5, 5.41) is 10.9. The topological polar surface area (TPSA) is 85.3 Å². The Labute approximate surface area is 148 Å². The molecular formula is C15H23Cl2N5O. The summed E-state index contributed by atoms with van der Waals surface area (Å²) in [7, 11) is 0. The van der Waals surface area contributed by atoms with Crippen LogP contribution in [0.4, 0.5) is 5.95 Å². The molecule has 0 aliphatic heterocycles. The molecule has 8 heteroatoms. The van der Waals surface area contributed by atoms with Gasteiger partial charge in [0.2, 0.25) is 11.9 Å². The summed E-state index contributed by atoms with van der Waals surface area (Å²) < 4.78 is 1.77. The fourth-order valence-electron chi connectivity index (χ4n) is 3.19. The van der Waals surface area contributed by atoms with Gasteiger partial charge in [-0.15, -0.1) is 35.0 Å². The number of carbonyl (C=O) groups is 1. The van der Waals surface area contributed by atoms with E-state index in [0.717, 1.165) is 18.5 Å². The fourth-order valence-corrected chi connectivity index (χ4v) is 3.19. The number of hydrogen-bond acceptors (Lipinski definition) is 4. The van der Waals surface area contributed by atoms with Crippen LogP contribution in [0, 0.1) is 5.41 Å². The van der Waals surface area contributed by atoms with Crippen LogP contribution in [0.3, 0.4) is 0 Å². The zero-order valence-corrected chi connectivity index (χ0v) is 14.5. The lowest BCUT2D eigenvalue weighted by Gasteiger charge is -2.35. The molecule has 3 N–H and O–H groups in total. The molecule has 0 atom stereocenters. The van der Waals surface area contributed by atoms with Gasteiger partial charge in [0, 0.05) is 12.6 Å². The average Bonchev–Trinajstić information content (AvgIpc) is 2.91. The monoisotopic (exact) mass is 359 g/mol. The van der Waals surface area contributed by atoms with Crippen molar-refractivity contribution in [2.75, 3.05) is 11.9 Å². The van der Waals surface area contributed by atoms with Crippen molar-refractivity contribution in [2.24, 2.45) is 11.1 Å². The number of nitrogens with two attached hydrogens (primary N) is 1. The number of anilines is 1. The second-order valence-corrected chi connectivity index (χ2v) is 5.94. The molecule has 0 radical (unpaired) electrons. The van der Waals surface area contributed by atoms with E-state index in [-0.39, 0.29) is 36.1 Å². The summed E-state index contributed by atoms with van der Waals surface area (Å²) in [6.07, 6.45) is 7.96. The Morgan fingerprint density at radius 2 is 1.96 bits per heavy atom. The van der Waals surface area contributed by atoms with Crippen LogP contribution >= 0.6 is 24.8 Å². The summed E-state index contributed by atoms with van der Waals surface area (Å²) in [6.45, 7) is 0.570. The van der Waals surface area contributed by atoms with Gasteiger partial charge in [-0.05, 0) is 36.9 Å². The van der Waals surface area contributed by atoms with E-state index < -0.39 is 0 Å². The van der Waals surface area contributed by atoms with Gasteiger partial charge in [0.15, 0.2) is 5.65 Å². The Morgan fingerprint density at radius 3 is 2.65 bits per heavy atom. The van der Waals surface area contributed by atoms with Crippen molar-refractivity contribution in [1.82, 2.24) is 14.6 Å². The number of fused-ring (bicyclic) bond motifs is 1. The maximum Gasteiger partial charge on any atom is 0.235 e. The Kier molecular flexibility index (Phi) is 7.25. The molecule has 1 aliphatic carbocycles. The van der Waals surface area contributed by atoms with Crippen LogP contribution in [0.1, 0.15) is 38.5 Å². The first-order valence-corrected chi connectivity index (χ1v) is 7.52. The summed E-state index contributed by atoms with van der Waals surface area (Å²) >= 11 is 0. The van der Waals surface area contributed by atoms with Crippen molar-refractivity contribution < 1.29 is 4.79 Å². The molecule has 0 bridgehead atoms. The predicted molar refractivity (Wildman–Crippen MR) is 95.3 cm³/mol. The van der Waals surface area contributed by atoms with E-state index in [4.69, 9.17) is 5.73 Å². The first kappa shape index (κ1) is 19.7. The predicted octanol–water partition coefficient (Wildman–Crippen LogP) is 2.81. The van der Waals surface area contributed by atoms with Crippen LogP contribution in [-0.4, -0.2) is 27.0 Å². The number of halogens is 2. The first-order valence-electron chi connectivity index (χ1n) is 7.52. The third-order valence-corrected chi connectivity index (χ3v) is 4.45. The molecule has 23 heavy (non-hydrogen) atoms. The Balaban J connectivity index is 0.00000132. The van der Waals surface area contributed by atoms with Crippen molar-refractivity contribution in [2.45, 2.75) is 38.5 Å². The van der Waals surface area contributed by atoms with E-state index in [1.165, 1.54) is 19.3 Å². The SMILES string of the molecule is Cl.Cl.NCC1(CC(=O)Nc2nnc3ccccn23)CCCCC1. The van der Waals surface area contributed by atoms with Gasteiger partial charge >= 0.3 is 0 Å². The Bertz CT molecular complexity index is 640. The molecule has 0 spiro atoms. The highest BCUT2D eigenvalue weighted by atomic mass is 35.5. The normalized spacial score (nSPS) is 16.2. The van der Waals surface area contributed by atoms with Crippen molar-refractivity contribution >= 4 is 42.3 Å². The van der Waals surface area contributed by atoms with Gasteiger partial charge in [-0.1, -0.05) is 25.3 Å². The summed E-state index contributed by atoms with van der Waals surface area (Å²) in [5.74, 6) is 0.444. The lowest BCUT2D eigenvalue weighted by atomic mass is 9.72. The number of nitrogens with one attached hydrogen (secondary N) is 1. The van der Waals surface area contributed by atoms with Crippen molar-refractivity contribution in [3.05, 3.63) is 24.4 Å². The first-order chi connectivity index (χ1) is 10.2. The van der Waals surface area contributed by atoms with E-state index in [9.17, 15) is 4.79 Å². The maximum atomic E-state index is 12.3. The smallest absolute Gasteiger partial charge is 0.235 e. The third-order valence-electron chi connectivity index (χ3n) is 4.45. The molecule has 0 aromatic carbocycles. The molecule has 6 nitrogen and oxygen atoms in total. The van der Waals surface area contributed by atoms with Gasteiger partial charge in [-0.2, -0.15) is 0 Å². The van der Waals surface area contributed by atoms with Crippen molar-refractivity contribution in [3.63, 3.8) is 0 Å². The standard InChI is InChI=1S/C15H21N5O.2ClH/c16-11-15(7-3-1-4-8-15)10-13(21)17-14-19-18-12-6-2-5-9-20(12)14;;/h2,5-6,9H,1,3-4,7-8,10-11,16H2,(H,17,19,21);2*1H. The highest BCUT2D eigenvalue weighted by molar-refractivity contribution is 5.89. The van der Waals surface area contributed by atoms with E-state index in [0.29, 0.717) is 18.9 Å². The molecule has 2 aromatic heterocycles. The van der Waals surface area contributed by atoms with Gasteiger partial charge in [-0.25, -0.2) is 0 Å². The number of aromatic nitrogens is 3. The number of carbonyl (C=O) groups excluding carboxylic acids is 1.